The summed E-state index contributed by atoms with van der Waals surface area (Å²) in [4.78, 5) is 22.9. The smallest absolute Gasteiger partial charge is 0.209 e. The number of hydrogen-bond donors (Lipinski definition) is 3. The zero-order valence-corrected chi connectivity index (χ0v) is 17.0. The van der Waals surface area contributed by atoms with Crippen molar-refractivity contribution < 1.29 is 4.79 Å². The molecule has 29 heavy (non-hydrogen) atoms. The van der Waals surface area contributed by atoms with E-state index in [1.807, 2.05) is 18.2 Å². The SMILES string of the molecule is N=Cc1cc(Nc2ncnc3sc4c(c23)CCCC4)ccc1N.O=CN1CCC1. The highest BCUT2D eigenvalue weighted by Crippen LogP contribution is 2.38. The van der Waals surface area contributed by atoms with E-state index in [9.17, 15) is 4.79 Å². The van der Waals surface area contributed by atoms with Gasteiger partial charge in [0, 0.05) is 41.1 Å². The first-order chi connectivity index (χ1) is 14.2. The molecule has 2 aromatic heterocycles. The Kier molecular flexibility index (Phi) is 5.71. The van der Waals surface area contributed by atoms with Crippen LogP contribution < -0.4 is 11.1 Å². The largest absolute Gasteiger partial charge is 0.398 e. The molecular formula is C21H24N6OS. The molecule has 0 saturated carbocycles. The van der Waals surface area contributed by atoms with Crippen LogP contribution >= 0.6 is 11.3 Å². The van der Waals surface area contributed by atoms with E-state index >= 15 is 0 Å². The summed E-state index contributed by atoms with van der Waals surface area (Å²) in [7, 11) is 0. The minimum absolute atomic E-state index is 0.603. The van der Waals surface area contributed by atoms with Gasteiger partial charge in [0.1, 0.15) is 17.0 Å². The first kappa shape index (κ1) is 19.3. The van der Waals surface area contributed by atoms with Crippen molar-refractivity contribution in [2.45, 2.75) is 32.1 Å². The van der Waals surface area contributed by atoms with Crippen LogP contribution in [0.25, 0.3) is 10.2 Å². The van der Waals surface area contributed by atoms with E-state index in [-0.39, 0.29) is 0 Å². The number of carbonyl (C=O) groups excluding carboxylic acids is 1. The number of aryl methyl sites for hydroxylation is 2. The van der Waals surface area contributed by atoms with Gasteiger partial charge in [0.05, 0.1) is 5.39 Å². The van der Waals surface area contributed by atoms with Gasteiger partial charge in [0.2, 0.25) is 6.41 Å². The third-order valence-corrected chi connectivity index (χ3v) is 6.50. The number of thiophene rings is 1. The van der Waals surface area contributed by atoms with E-state index in [1.165, 1.54) is 35.9 Å². The number of benzene rings is 1. The second-order valence-electron chi connectivity index (χ2n) is 7.22. The van der Waals surface area contributed by atoms with Gasteiger partial charge in [-0.25, -0.2) is 9.97 Å². The van der Waals surface area contributed by atoms with Crippen LogP contribution in [0.5, 0.6) is 0 Å². The van der Waals surface area contributed by atoms with Crippen LogP contribution in [0.3, 0.4) is 0 Å². The van der Waals surface area contributed by atoms with Gasteiger partial charge < -0.3 is 21.4 Å². The van der Waals surface area contributed by atoms with Crippen molar-refractivity contribution in [3.63, 3.8) is 0 Å². The molecule has 0 bridgehead atoms. The van der Waals surface area contributed by atoms with Crippen LogP contribution in [0.15, 0.2) is 24.5 Å². The molecule has 1 aliphatic carbocycles. The molecule has 2 aliphatic rings. The zero-order valence-electron chi connectivity index (χ0n) is 16.1. The van der Waals surface area contributed by atoms with Gasteiger partial charge in [-0.15, -0.1) is 11.3 Å². The Bertz CT molecular complexity index is 1040. The highest BCUT2D eigenvalue weighted by atomic mass is 32.1. The predicted molar refractivity (Wildman–Crippen MR) is 118 cm³/mol. The van der Waals surface area contributed by atoms with Crippen LogP contribution in [0.1, 0.15) is 35.3 Å². The Morgan fingerprint density at radius 2 is 2.00 bits per heavy atom. The number of likely N-dealkylation sites (tertiary alicyclic amines) is 1. The van der Waals surface area contributed by atoms with Gasteiger partial charge in [-0.05, 0) is 55.9 Å². The van der Waals surface area contributed by atoms with Crippen molar-refractivity contribution in [2.75, 3.05) is 24.1 Å². The van der Waals surface area contributed by atoms with Gasteiger partial charge >= 0.3 is 0 Å². The fourth-order valence-electron chi connectivity index (χ4n) is 3.55. The van der Waals surface area contributed by atoms with Gasteiger partial charge in [0.15, 0.2) is 0 Å². The molecule has 3 aromatic rings. The van der Waals surface area contributed by atoms with E-state index in [2.05, 4.69) is 15.3 Å². The lowest BCUT2D eigenvalue weighted by Crippen LogP contribution is -2.35. The molecule has 1 amide bonds. The Hall–Kier alpha value is -3.00. The molecule has 150 valence electrons. The Morgan fingerprint density at radius 3 is 2.69 bits per heavy atom. The standard InChI is InChI=1S/C17H17N5S.C4H7NO/c18-8-10-7-11(5-6-13(10)19)22-16-15-12-3-1-2-4-14(12)23-17(15)21-9-20-16;6-4-5-2-1-3-5/h5-9,18H,1-4,19H2,(H,20,21,22);4H,1-3H2. The fourth-order valence-corrected chi connectivity index (χ4v) is 4.77. The second kappa shape index (κ2) is 8.57. The maximum absolute atomic E-state index is 9.71. The molecule has 4 N–H and O–H groups in total. The molecule has 0 unspecified atom stereocenters. The van der Waals surface area contributed by atoms with E-state index in [1.54, 1.807) is 22.6 Å². The number of nitrogens with one attached hydrogen (secondary N) is 2. The minimum atomic E-state index is 0.603. The van der Waals surface area contributed by atoms with E-state index in [4.69, 9.17) is 11.1 Å². The zero-order chi connectivity index (χ0) is 20.2. The molecule has 1 fully saturated rings. The van der Waals surface area contributed by atoms with Crippen LogP contribution in [0.2, 0.25) is 0 Å². The first-order valence-corrected chi connectivity index (χ1v) is 10.6. The molecule has 5 rings (SSSR count). The number of anilines is 3. The summed E-state index contributed by atoms with van der Waals surface area (Å²) >= 11 is 1.79. The Labute approximate surface area is 173 Å². The highest BCUT2D eigenvalue weighted by Gasteiger charge is 2.20. The molecule has 7 nitrogen and oxygen atoms in total. The predicted octanol–water partition coefficient (Wildman–Crippen LogP) is 3.74. The van der Waals surface area contributed by atoms with Gasteiger partial charge in [-0.1, -0.05) is 0 Å². The third kappa shape index (κ3) is 4.07. The van der Waals surface area contributed by atoms with Crippen LogP contribution in [-0.2, 0) is 17.6 Å². The fraction of sp³-hybridized carbons (Fsp3) is 0.333. The number of nitrogen functional groups attached to an aromatic ring is 1. The Morgan fingerprint density at radius 1 is 1.17 bits per heavy atom. The van der Waals surface area contributed by atoms with E-state index in [0.29, 0.717) is 11.3 Å². The monoisotopic (exact) mass is 408 g/mol. The normalized spacial score (nSPS) is 15.0. The lowest BCUT2D eigenvalue weighted by atomic mass is 9.97. The molecule has 0 atom stereocenters. The number of hydrogen-bond acceptors (Lipinski definition) is 7. The molecule has 0 spiro atoms. The molecule has 3 heterocycles. The van der Waals surface area contributed by atoms with Crippen molar-refractivity contribution in [1.29, 1.82) is 5.41 Å². The summed E-state index contributed by atoms with van der Waals surface area (Å²) in [5, 5.41) is 12.0. The average molecular weight is 409 g/mol. The minimum Gasteiger partial charge on any atom is -0.398 e. The summed E-state index contributed by atoms with van der Waals surface area (Å²) in [6.07, 6.45) is 9.70. The van der Waals surface area contributed by atoms with Gasteiger partial charge in [-0.3, -0.25) is 4.79 Å². The number of amides is 1. The van der Waals surface area contributed by atoms with Crippen LogP contribution in [0.4, 0.5) is 17.2 Å². The summed E-state index contributed by atoms with van der Waals surface area (Å²) < 4.78 is 0. The molecular weight excluding hydrogens is 384 g/mol. The van der Waals surface area contributed by atoms with E-state index in [0.717, 1.165) is 54.1 Å². The lowest BCUT2D eigenvalue weighted by Gasteiger charge is -2.25. The first-order valence-electron chi connectivity index (χ1n) is 9.81. The van der Waals surface area contributed by atoms with Crippen LogP contribution in [-0.4, -0.2) is 40.6 Å². The number of nitrogens with zero attached hydrogens (tertiary/aromatic N) is 3. The van der Waals surface area contributed by atoms with Gasteiger partial charge in [-0.2, -0.15) is 0 Å². The number of fused-ring (bicyclic) bond motifs is 3. The van der Waals surface area contributed by atoms with Crippen molar-refractivity contribution in [2.24, 2.45) is 0 Å². The molecule has 1 saturated heterocycles. The van der Waals surface area contributed by atoms with Gasteiger partial charge in [0.25, 0.3) is 0 Å². The van der Waals surface area contributed by atoms with Crippen molar-refractivity contribution in [3.05, 3.63) is 40.5 Å². The topological polar surface area (TPSA) is 108 Å². The van der Waals surface area contributed by atoms with Crippen molar-refractivity contribution in [1.82, 2.24) is 14.9 Å². The number of carbonyl (C=O) groups is 1. The summed E-state index contributed by atoms with van der Waals surface area (Å²) in [6.45, 7) is 1.95. The quantitative estimate of drug-likeness (QED) is 0.346. The number of aromatic nitrogens is 2. The lowest BCUT2D eigenvalue weighted by molar-refractivity contribution is -0.121. The molecule has 0 radical (unpaired) electrons. The van der Waals surface area contributed by atoms with Crippen LogP contribution in [0, 0.1) is 5.41 Å². The summed E-state index contributed by atoms with van der Waals surface area (Å²) in [6, 6.07) is 5.59. The highest BCUT2D eigenvalue weighted by molar-refractivity contribution is 7.19. The summed E-state index contributed by atoms with van der Waals surface area (Å²) in [5.41, 5.74) is 9.45. The van der Waals surface area contributed by atoms with E-state index < -0.39 is 0 Å². The second-order valence-corrected chi connectivity index (χ2v) is 8.30. The molecule has 1 aromatic carbocycles. The molecule has 8 heteroatoms. The molecule has 1 aliphatic heterocycles. The Balaban J connectivity index is 0.000000294. The van der Waals surface area contributed by atoms with Crippen molar-refractivity contribution >= 4 is 51.4 Å². The third-order valence-electron chi connectivity index (χ3n) is 5.30. The number of rotatable bonds is 4. The maximum Gasteiger partial charge on any atom is 0.209 e. The summed E-state index contributed by atoms with van der Waals surface area (Å²) in [5.74, 6) is 0.843. The number of nitrogens with two attached hydrogens (primary N) is 1. The maximum atomic E-state index is 9.71. The average Bonchev–Trinajstić information content (AvgIpc) is 3.09. The van der Waals surface area contributed by atoms with Crippen molar-refractivity contribution in [3.8, 4) is 0 Å².